The van der Waals surface area contributed by atoms with Crippen molar-refractivity contribution in [2.75, 3.05) is 4.90 Å². The summed E-state index contributed by atoms with van der Waals surface area (Å²) in [4.78, 5) is 13.0. The molecule has 0 saturated carbocycles. The second-order valence-corrected chi connectivity index (χ2v) is 16.7. The number of hydrogen-bond donors (Lipinski definition) is 0. The molecule has 1 unspecified atom stereocenters. The van der Waals surface area contributed by atoms with Gasteiger partial charge in [-0.15, -0.1) is 0 Å². The van der Waals surface area contributed by atoms with E-state index in [2.05, 4.69) is 198 Å². The van der Waals surface area contributed by atoms with Crippen molar-refractivity contribution < 1.29 is 4.74 Å². The zero-order chi connectivity index (χ0) is 40.5. The third kappa shape index (κ3) is 4.36. The SMILES string of the molecule is C1=CC(c2ccc(-c3nc(N4c5ccccc5Oc5c4ccc4c5-c5ccccc5C45c4ccccc4-n4c6ccccc6c6cccc5c64)nc4ccccc34)cc2)=CCC1. The third-order valence-corrected chi connectivity index (χ3v) is 13.6. The highest BCUT2D eigenvalue weighted by Crippen LogP contribution is 2.65. The molecule has 2 aliphatic heterocycles. The standard InChI is InChI=1S/C57H36N4O/c1-2-15-35(16-3-1)36-29-31-37(32-30-36)53-41-19-5-9-24-46(41)58-56(59-53)61-49-27-12-13-28-51(49)62-55-50(61)34-33-44-52(55)40-18-4-7-21-42(40)57(44)43-22-8-11-26-48(43)60-47-25-10-6-17-38(47)39-20-14-23-45(57)54(39)60/h2,4-34H,1,3H2. The molecule has 62 heavy (non-hydrogen) atoms. The molecule has 0 amide bonds. The molecule has 0 N–H and O–H groups in total. The smallest absolute Gasteiger partial charge is 0.236 e. The number of fused-ring (bicyclic) bond motifs is 16. The van der Waals surface area contributed by atoms with Crippen LogP contribution in [0.4, 0.5) is 17.3 Å². The molecule has 0 bridgehead atoms. The van der Waals surface area contributed by atoms with Gasteiger partial charge in [0, 0.05) is 27.3 Å². The molecule has 14 rings (SSSR count). The monoisotopic (exact) mass is 792 g/mol. The molecule has 5 heteroatoms. The van der Waals surface area contributed by atoms with Crippen LogP contribution in [0.1, 0.15) is 40.7 Å². The van der Waals surface area contributed by atoms with Gasteiger partial charge in [0.15, 0.2) is 11.5 Å². The van der Waals surface area contributed by atoms with Gasteiger partial charge in [-0.3, -0.25) is 4.90 Å². The maximum Gasteiger partial charge on any atom is 0.236 e. The molecule has 2 aliphatic carbocycles. The minimum Gasteiger partial charge on any atom is -0.452 e. The van der Waals surface area contributed by atoms with E-state index in [1.54, 1.807) is 0 Å². The summed E-state index contributed by atoms with van der Waals surface area (Å²) in [5, 5.41) is 3.53. The summed E-state index contributed by atoms with van der Waals surface area (Å²) in [5.74, 6) is 2.16. The van der Waals surface area contributed by atoms with Crippen LogP contribution in [-0.2, 0) is 5.41 Å². The molecule has 1 atom stereocenters. The first kappa shape index (κ1) is 33.8. The van der Waals surface area contributed by atoms with Gasteiger partial charge in [-0.05, 0) is 88.2 Å². The van der Waals surface area contributed by atoms with E-state index in [0.29, 0.717) is 5.95 Å². The maximum atomic E-state index is 7.20. The Morgan fingerprint density at radius 2 is 1.24 bits per heavy atom. The average Bonchev–Trinajstić information content (AvgIpc) is 3.84. The van der Waals surface area contributed by atoms with Crippen molar-refractivity contribution in [2.45, 2.75) is 18.3 Å². The number of benzene rings is 8. The largest absolute Gasteiger partial charge is 0.452 e. The van der Waals surface area contributed by atoms with Gasteiger partial charge in [0.1, 0.15) is 0 Å². The van der Waals surface area contributed by atoms with Crippen LogP contribution in [0.25, 0.3) is 66.4 Å². The van der Waals surface area contributed by atoms with Crippen LogP contribution in [0.3, 0.4) is 0 Å². The van der Waals surface area contributed by atoms with Gasteiger partial charge < -0.3 is 9.30 Å². The normalized spacial score (nSPS) is 16.5. The Kier molecular flexibility index (Phi) is 6.81. The summed E-state index contributed by atoms with van der Waals surface area (Å²) in [6.07, 6.45) is 8.98. The van der Waals surface area contributed by atoms with Gasteiger partial charge in [0.2, 0.25) is 5.95 Å². The van der Waals surface area contributed by atoms with E-state index >= 15 is 0 Å². The minimum atomic E-state index is -0.602. The van der Waals surface area contributed by atoms with Gasteiger partial charge in [-0.2, -0.15) is 0 Å². The van der Waals surface area contributed by atoms with E-state index in [0.717, 1.165) is 69.0 Å². The number of hydrogen-bond acceptors (Lipinski definition) is 4. The Morgan fingerprint density at radius 3 is 2.13 bits per heavy atom. The van der Waals surface area contributed by atoms with Crippen LogP contribution < -0.4 is 9.64 Å². The summed E-state index contributed by atoms with van der Waals surface area (Å²) in [7, 11) is 0. The highest BCUT2D eigenvalue weighted by atomic mass is 16.5. The van der Waals surface area contributed by atoms with Gasteiger partial charge in [0.05, 0.1) is 44.7 Å². The predicted octanol–water partition coefficient (Wildman–Crippen LogP) is 14.4. The molecule has 1 spiro atoms. The lowest BCUT2D eigenvalue weighted by molar-refractivity contribution is 0.477. The van der Waals surface area contributed by atoms with Crippen LogP contribution in [0.5, 0.6) is 11.5 Å². The quantitative estimate of drug-likeness (QED) is 0.179. The van der Waals surface area contributed by atoms with Crippen LogP contribution in [0.15, 0.2) is 194 Å². The van der Waals surface area contributed by atoms with Crippen molar-refractivity contribution in [2.24, 2.45) is 0 Å². The molecule has 290 valence electrons. The molecule has 10 aromatic rings. The average molecular weight is 793 g/mol. The molecule has 0 saturated heterocycles. The molecule has 2 aromatic heterocycles. The Balaban J connectivity index is 1.03. The van der Waals surface area contributed by atoms with E-state index in [1.807, 2.05) is 6.07 Å². The molecular formula is C57H36N4O. The topological polar surface area (TPSA) is 43.2 Å². The van der Waals surface area contributed by atoms with Gasteiger partial charge in [-0.25, -0.2) is 9.97 Å². The summed E-state index contributed by atoms with van der Waals surface area (Å²) in [6.45, 7) is 0. The Bertz CT molecular complexity index is 3630. The highest BCUT2D eigenvalue weighted by molar-refractivity contribution is 6.13. The zero-order valence-electron chi connectivity index (χ0n) is 33.6. The van der Waals surface area contributed by atoms with E-state index in [4.69, 9.17) is 14.7 Å². The lowest BCUT2D eigenvalue weighted by Gasteiger charge is -2.40. The number of para-hydroxylation sites is 6. The molecule has 4 aliphatic rings. The van der Waals surface area contributed by atoms with Crippen molar-refractivity contribution in [3.05, 3.63) is 222 Å². The molecule has 8 aromatic carbocycles. The van der Waals surface area contributed by atoms with Crippen molar-refractivity contribution in [1.82, 2.24) is 14.5 Å². The minimum absolute atomic E-state index is 0.593. The van der Waals surface area contributed by atoms with E-state index in [9.17, 15) is 0 Å². The summed E-state index contributed by atoms with van der Waals surface area (Å²) < 4.78 is 9.69. The molecule has 0 fully saturated rings. The molecule has 4 heterocycles. The number of rotatable bonds is 3. The number of nitrogens with zero attached hydrogens (tertiary/aromatic N) is 4. The van der Waals surface area contributed by atoms with E-state index in [1.165, 1.54) is 60.9 Å². The lowest BCUT2D eigenvalue weighted by Crippen LogP contribution is -2.33. The van der Waals surface area contributed by atoms with Crippen LogP contribution in [-0.4, -0.2) is 14.5 Å². The molecular weight excluding hydrogens is 757 g/mol. The van der Waals surface area contributed by atoms with E-state index in [-0.39, 0.29) is 0 Å². The van der Waals surface area contributed by atoms with Crippen molar-refractivity contribution >= 4 is 55.6 Å². The van der Waals surface area contributed by atoms with Gasteiger partial charge >= 0.3 is 0 Å². The van der Waals surface area contributed by atoms with Gasteiger partial charge in [-0.1, -0.05) is 158 Å². The lowest BCUT2D eigenvalue weighted by atomic mass is 9.65. The fourth-order valence-electron chi connectivity index (χ4n) is 11.1. The summed E-state index contributed by atoms with van der Waals surface area (Å²) in [5.41, 5.74) is 17.4. The summed E-state index contributed by atoms with van der Waals surface area (Å²) >= 11 is 0. The zero-order valence-corrected chi connectivity index (χ0v) is 33.6. The Morgan fingerprint density at radius 1 is 0.516 bits per heavy atom. The van der Waals surface area contributed by atoms with Gasteiger partial charge in [0.25, 0.3) is 0 Å². The highest BCUT2D eigenvalue weighted by Gasteiger charge is 2.52. The first-order valence-electron chi connectivity index (χ1n) is 21.5. The van der Waals surface area contributed by atoms with E-state index < -0.39 is 5.41 Å². The fraction of sp³-hybridized carbons (Fsp3) is 0.0526. The maximum absolute atomic E-state index is 7.20. The van der Waals surface area contributed by atoms with Crippen LogP contribution in [0, 0.1) is 0 Å². The van der Waals surface area contributed by atoms with Crippen LogP contribution in [0.2, 0.25) is 0 Å². The number of aromatic nitrogens is 3. The Hall–Kier alpha value is -8.02. The van der Waals surface area contributed by atoms with Crippen molar-refractivity contribution in [3.8, 4) is 39.6 Å². The fourth-order valence-corrected chi connectivity index (χ4v) is 11.1. The second kappa shape index (κ2) is 12.5. The van der Waals surface area contributed by atoms with Crippen molar-refractivity contribution in [3.63, 3.8) is 0 Å². The molecule has 0 radical (unpaired) electrons. The summed E-state index contributed by atoms with van der Waals surface area (Å²) in [6, 6.07) is 63.6. The first-order valence-corrected chi connectivity index (χ1v) is 21.5. The first-order chi connectivity index (χ1) is 30.8. The second-order valence-electron chi connectivity index (χ2n) is 16.7. The third-order valence-electron chi connectivity index (χ3n) is 13.6. The number of allylic oxidation sites excluding steroid dienone is 4. The van der Waals surface area contributed by atoms with Crippen LogP contribution >= 0.6 is 0 Å². The predicted molar refractivity (Wildman–Crippen MR) is 251 cm³/mol. The number of ether oxygens (including phenoxy) is 1. The molecule has 5 nitrogen and oxygen atoms in total. The van der Waals surface area contributed by atoms with Crippen molar-refractivity contribution in [1.29, 1.82) is 0 Å². The Labute approximate surface area is 358 Å². The number of anilines is 3.